The molecule has 1 atom stereocenters. The minimum Gasteiger partial charge on any atom is -0.378 e. The molecule has 1 aromatic heterocycles. The van der Waals surface area contributed by atoms with Crippen LogP contribution in [0.4, 0.5) is 10.8 Å². The van der Waals surface area contributed by atoms with E-state index in [4.69, 9.17) is 22.4 Å². The van der Waals surface area contributed by atoms with E-state index in [0.717, 1.165) is 22.5 Å². The van der Waals surface area contributed by atoms with Gasteiger partial charge >= 0.3 is 0 Å². The quantitative estimate of drug-likeness (QED) is 0.538. The molecular formula is C21H21ClN6OS2. The number of carbonyl (C=O) groups excluding carboxylic acids is 1. The molecule has 0 bridgehead atoms. The second-order valence-corrected chi connectivity index (χ2v) is 9.86. The van der Waals surface area contributed by atoms with E-state index in [9.17, 15) is 4.79 Å². The van der Waals surface area contributed by atoms with Gasteiger partial charge in [-0.25, -0.2) is 5.01 Å². The van der Waals surface area contributed by atoms with Gasteiger partial charge in [0.05, 0.1) is 17.5 Å². The van der Waals surface area contributed by atoms with E-state index < -0.39 is 0 Å². The SMILES string of the molecule is CN(C)c1ccc(C2CC(c3ccc(Cl)cc3)=NN2C(=O)CSc2nnc(N)s2)cc1. The van der Waals surface area contributed by atoms with Crippen LogP contribution >= 0.6 is 34.7 Å². The van der Waals surface area contributed by atoms with Crippen molar-refractivity contribution in [2.45, 2.75) is 16.8 Å². The molecule has 10 heteroatoms. The van der Waals surface area contributed by atoms with Crippen molar-refractivity contribution in [1.82, 2.24) is 15.2 Å². The minimum absolute atomic E-state index is 0.0931. The summed E-state index contributed by atoms with van der Waals surface area (Å²) in [6.07, 6.45) is 0.630. The molecule has 0 saturated heterocycles. The van der Waals surface area contributed by atoms with Gasteiger partial charge in [0.1, 0.15) is 0 Å². The molecule has 1 amide bonds. The van der Waals surface area contributed by atoms with Crippen molar-refractivity contribution in [2.24, 2.45) is 5.10 Å². The number of rotatable bonds is 6. The lowest BCUT2D eigenvalue weighted by Crippen LogP contribution is -2.28. The zero-order valence-electron chi connectivity index (χ0n) is 17.0. The number of anilines is 2. The van der Waals surface area contributed by atoms with Gasteiger partial charge in [0, 0.05) is 31.2 Å². The summed E-state index contributed by atoms with van der Waals surface area (Å²) >= 11 is 8.62. The monoisotopic (exact) mass is 472 g/mol. The van der Waals surface area contributed by atoms with Gasteiger partial charge in [0.2, 0.25) is 5.13 Å². The van der Waals surface area contributed by atoms with Crippen molar-refractivity contribution < 1.29 is 4.79 Å². The fourth-order valence-corrected chi connectivity index (χ4v) is 4.89. The second kappa shape index (κ2) is 9.25. The zero-order valence-corrected chi connectivity index (χ0v) is 19.4. The molecule has 2 heterocycles. The summed E-state index contributed by atoms with van der Waals surface area (Å²) in [7, 11) is 4.00. The highest BCUT2D eigenvalue weighted by Crippen LogP contribution is 2.35. The fourth-order valence-electron chi connectivity index (χ4n) is 3.28. The van der Waals surface area contributed by atoms with Crippen LogP contribution in [-0.4, -0.2) is 46.7 Å². The van der Waals surface area contributed by atoms with E-state index in [1.807, 2.05) is 43.3 Å². The summed E-state index contributed by atoms with van der Waals surface area (Å²) in [5.74, 6) is 0.114. The molecule has 0 aliphatic carbocycles. The van der Waals surface area contributed by atoms with Crippen molar-refractivity contribution in [3.05, 3.63) is 64.7 Å². The zero-order chi connectivity index (χ0) is 22.0. The largest absolute Gasteiger partial charge is 0.378 e. The van der Waals surface area contributed by atoms with Gasteiger partial charge in [0.25, 0.3) is 5.91 Å². The first-order chi connectivity index (χ1) is 14.9. The Hall–Kier alpha value is -2.62. The topological polar surface area (TPSA) is 87.7 Å². The average molecular weight is 473 g/mol. The molecule has 7 nitrogen and oxygen atoms in total. The molecule has 2 N–H and O–H groups in total. The number of carbonyl (C=O) groups is 1. The van der Waals surface area contributed by atoms with Crippen LogP contribution in [0.15, 0.2) is 58.0 Å². The summed E-state index contributed by atoms with van der Waals surface area (Å²) in [5, 5.41) is 15.1. The first-order valence-electron chi connectivity index (χ1n) is 9.55. The van der Waals surface area contributed by atoms with Crippen molar-refractivity contribution in [3.63, 3.8) is 0 Å². The van der Waals surface area contributed by atoms with Crippen LogP contribution in [-0.2, 0) is 4.79 Å². The smallest absolute Gasteiger partial charge is 0.253 e. The fraction of sp³-hybridized carbons (Fsp3) is 0.238. The van der Waals surface area contributed by atoms with E-state index in [-0.39, 0.29) is 17.7 Å². The number of hydrazone groups is 1. The van der Waals surface area contributed by atoms with E-state index in [2.05, 4.69) is 34.5 Å². The predicted molar refractivity (Wildman–Crippen MR) is 128 cm³/mol. The Bertz CT molecular complexity index is 1100. The highest BCUT2D eigenvalue weighted by molar-refractivity contribution is 8.01. The number of benzene rings is 2. The molecule has 160 valence electrons. The molecule has 3 aromatic rings. The summed E-state index contributed by atoms with van der Waals surface area (Å²) in [6, 6.07) is 15.6. The van der Waals surface area contributed by atoms with Gasteiger partial charge in [0.15, 0.2) is 4.34 Å². The van der Waals surface area contributed by atoms with E-state index in [0.29, 0.717) is 20.9 Å². The molecule has 0 radical (unpaired) electrons. The molecule has 2 aromatic carbocycles. The van der Waals surface area contributed by atoms with Crippen LogP contribution < -0.4 is 10.6 Å². The van der Waals surface area contributed by atoms with Gasteiger partial charge in [-0.15, -0.1) is 10.2 Å². The Balaban J connectivity index is 1.58. The number of nitrogen functional groups attached to an aromatic ring is 1. The lowest BCUT2D eigenvalue weighted by atomic mass is 9.98. The Labute approximate surface area is 193 Å². The summed E-state index contributed by atoms with van der Waals surface area (Å²) in [5.41, 5.74) is 9.59. The van der Waals surface area contributed by atoms with Crippen LogP contribution in [0.1, 0.15) is 23.6 Å². The molecule has 0 spiro atoms. The third kappa shape index (κ3) is 5.00. The number of aromatic nitrogens is 2. The van der Waals surface area contributed by atoms with Gasteiger partial charge in [-0.05, 0) is 35.4 Å². The van der Waals surface area contributed by atoms with Crippen LogP contribution in [0, 0.1) is 0 Å². The normalized spacial score (nSPS) is 15.8. The standard InChI is InChI=1S/C21H21ClN6OS2/c1-27(2)16-9-5-14(6-10-16)18-11-17(13-3-7-15(22)8-4-13)26-28(18)19(29)12-30-21-25-24-20(23)31-21/h3-10,18H,11-12H2,1-2H3,(H2,23,24). The maximum atomic E-state index is 13.1. The maximum Gasteiger partial charge on any atom is 0.253 e. The van der Waals surface area contributed by atoms with Crippen molar-refractivity contribution in [1.29, 1.82) is 0 Å². The van der Waals surface area contributed by atoms with Gasteiger partial charge in [-0.1, -0.05) is 59.0 Å². The molecule has 31 heavy (non-hydrogen) atoms. The first kappa shape index (κ1) is 21.6. The molecule has 1 unspecified atom stereocenters. The Morgan fingerprint density at radius 3 is 2.52 bits per heavy atom. The van der Waals surface area contributed by atoms with E-state index >= 15 is 0 Å². The lowest BCUT2D eigenvalue weighted by Gasteiger charge is -2.22. The van der Waals surface area contributed by atoms with Crippen molar-refractivity contribution >= 4 is 57.1 Å². The number of halogens is 1. The summed E-state index contributed by atoms with van der Waals surface area (Å²) in [4.78, 5) is 15.2. The highest BCUT2D eigenvalue weighted by atomic mass is 35.5. The summed E-state index contributed by atoms with van der Waals surface area (Å²) in [6.45, 7) is 0. The summed E-state index contributed by atoms with van der Waals surface area (Å²) < 4.78 is 0.666. The Kier molecular flexibility index (Phi) is 6.45. The first-order valence-corrected chi connectivity index (χ1v) is 11.7. The molecule has 1 aliphatic heterocycles. The van der Waals surface area contributed by atoms with Crippen LogP contribution in [0.5, 0.6) is 0 Å². The predicted octanol–water partition coefficient (Wildman–Crippen LogP) is 4.31. The maximum absolute atomic E-state index is 13.1. The molecule has 0 fully saturated rings. The van der Waals surface area contributed by atoms with Gasteiger partial charge in [-0.2, -0.15) is 5.10 Å². The molecule has 4 rings (SSSR count). The van der Waals surface area contributed by atoms with Gasteiger partial charge in [-0.3, -0.25) is 4.79 Å². The Morgan fingerprint density at radius 1 is 1.19 bits per heavy atom. The number of hydrogen-bond donors (Lipinski definition) is 1. The highest BCUT2D eigenvalue weighted by Gasteiger charge is 2.33. The third-order valence-corrected chi connectivity index (χ3v) is 7.00. The second-order valence-electron chi connectivity index (χ2n) is 7.19. The minimum atomic E-state index is -0.172. The molecule has 0 saturated carbocycles. The van der Waals surface area contributed by atoms with Crippen LogP contribution in [0.3, 0.4) is 0 Å². The van der Waals surface area contributed by atoms with Crippen LogP contribution in [0.25, 0.3) is 0 Å². The van der Waals surface area contributed by atoms with Gasteiger partial charge < -0.3 is 10.6 Å². The lowest BCUT2D eigenvalue weighted by molar-refractivity contribution is -0.130. The third-order valence-electron chi connectivity index (χ3n) is 4.88. The number of nitrogens with two attached hydrogens (primary N) is 1. The number of thioether (sulfide) groups is 1. The number of nitrogens with zero attached hydrogens (tertiary/aromatic N) is 5. The van der Waals surface area contributed by atoms with Crippen molar-refractivity contribution in [3.8, 4) is 0 Å². The van der Waals surface area contributed by atoms with E-state index in [1.165, 1.54) is 23.1 Å². The van der Waals surface area contributed by atoms with E-state index in [1.54, 1.807) is 5.01 Å². The molecular weight excluding hydrogens is 452 g/mol. The average Bonchev–Trinajstić information content (AvgIpc) is 3.39. The molecule has 1 aliphatic rings. The number of amides is 1. The van der Waals surface area contributed by atoms with Crippen molar-refractivity contribution in [2.75, 3.05) is 30.5 Å². The Morgan fingerprint density at radius 2 is 1.90 bits per heavy atom. The number of hydrogen-bond acceptors (Lipinski definition) is 8. The van der Waals surface area contributed by atoms with Crippen LogP contribution in [0.2, 0.25) is 5.02 Å².